The summed E-state index contributed by atoms with van der Waals surface area (Å²) in [5.41, 5.74) is -0.404. The van der Waals surface area contributed by atoms with E-state index in [2.05, 4.69) is 20.9 Å². The van der Waals surface area contributed by atoms with E-state index in [4.69, 9.17) is 5.11 Å². The van der Waals surface area contributed by atoms with Crippen LogP contribution >= 0.6 is 15.9 Å². The standard InChI is InChI=1S/C11H8BrNO4/c1-4-8(11(16)17)13-9-6(14)3-2-5(12)7(9)10(4)15/h2-3,14H,1H3,(H,13,15)(H,16,17). The molecule has 17 heavy (non-hydrogen) atoms. The van der Waals surface area contributed by atoms with Crippen molar-refractivity contribution < 1.29 is 15.0 Å². The number of fused-ring (bicyclic) bond motifs is 1. The van der Waals surface area contributed by atoms with Crippen molar-refractivity contribution in [3.05, 3.63) is 38.1 Å². The average molecular weight is 298 g/mol. The van der Waals surface area contributed by atoms with Crippen molar-refractivity contribution in [1.82, 2.24) is 4.98 Å². The fraction of sp³-hybridized carbons (Fsp3) is 0.0909. The zero-order valence-electron chi connectivity index (χ0n) is 8.74. The molecule has 5 nitrogen and oxygen atoms in total. The summed E-state index contributed by atoms with van der Waals surface area (Å²) in [7, 11) is 0. The fourth-order valence-electron chi connectivity index (χ4n) is 1.65. The van der Waals surface area contributed by atoms with E-state index in [1.54, 1.807) is 0 Å². The maximum atomic E-state index is 12.0. The summed E-state index contributed by atoms with van der Waals surface area (Å²) in [6, 6.07) is 2.91. The number of aromatic nitrogens is 1. The summed E-state index contributed by atoms with van der Waals surface area (Å²) >= 11 is 3.20. The van der Waals surface area contributed by atoms with E-state index in [1.165, 1.54) is 19.1 Å². The van der Waals surface area contributed by atoms with E-state index in [0.29, 0.717) is 4.47 Å². The Labute approximate surface area is 104 Å². The lowest BCUT2D eigenvalue weighted by Gasteiger charge is -2.07. The van der Waals surface area contributed by atoms with Crippen molar-refractivity contribution in [1.29, 1.82) is 0 Å². The van der Waals surface area contributed by atoms with Crippen LogP contribution in [0.15, 0.2) is 21.4 Å². The Bertz CT molecular complexity index is 690. The number of rotatable bonds is 1. The number of pyridine rings is 1. The van der Waals surface area contributed by atoms with Crippen molar-refractivity contribution in [2.75, 3.05) is 0 Å². The predicted octanol–water partition coefficient (Wildman–Crippen LogP) is 2.00. The van der Waals surface area contributed by atoms with Crippen LogP contribution in [0.2, 0.25) is 0 Å². The van der Waals surface area contributed by atoms with Crippen LogP contribution in [0, 0.1) is 6.92 Å². The number of benzene rings is 1. The van der Waals surface area contributed by atoms with Gasteiger partial charge in [0.1, 0.15) is 11.4 Å². The SMILES string of the molecule is Cc1c(C(=O)O)[nH]c2c(O)ccc(Br)c2c1=O. The maximum absolute atomic E-state index is 12.0. The molecule has 1 aromatic carbocycles. The van der Waals surface area contributed by atoms with Crippen LogP contribution in [0.1, 0.15) is 16.1 Å². The Hall–Kier alpha value is -1.82. The second kappa shape index (κ2) is 3.89. The molecule has 0 amide bonds. The second-order valence-electron chi connectivity index (χ2n) is 3.58. The van der Waals surface area contributed by atoms with Gasteiger partial charge in [0.25, 0.3) is 0 Å². The van der Waals surface area contributed by atoms with Gasteiger partial charge < -0.3 is 15.2 Å². The first-order chi connectivity index (χ1) is 7.93. The molecule has 1 aromatic heterocycles. The highest BCUT2D eigenvalue weighted by Gasteiger charge is 2.17. The van der Waals surface area contributed by atoms with Gasteiger partial charge in [-0.1, -0.05) is 0 Å². The number of aromatic carboxylic acids is 1. The lowest BCUT2D eigenvalue weighted by atomic mass is 10.1. The van der Waals surface area contributed by atoms with Crippen molar-refractivity contribution in [2.24, 2.45) is 0 Å². The first-order valence-corrected chi connectivity index (χ1v) is 5.50. The van der Waals surface area contributed by atoms with Gasteiger partial charge in [0, 0.05) is 10.0 Å². The molecule has 0 aliphatic rings. The molecule has 0 spiro atoms. The lowest BCUT2D eigenvalue weighted by Crippen LogP contribution is -2.15. The number of carbonyl (C=O) groups is 1. The average Bonchev–Trinajstić information content (AvgIpc) is 2.27. The van der Waals surface area contributed by atoms with Gasteiger partial charge in [-0.15, -0.1) is 0 Å². The highest BCUT2D eigenvalue weighted by Crippen LogP contribution is 2.27. The monoisotopic (exact) mass is 297 g/mol. The summed E-state index contributed by atoms with van der Waals surface area (Å²) in [5.74, 6) is -1.40. The van der Waals surface area contributed by atoms with Crippen LogP contribution in [0.5, 0.6) is 5.75 Å². The number of aromatic amines is 1. The minimum atomic E-state index is -1.24. The number of carboxylic acids is 1. The zero-order valence-corrected chi connectivity index (χ0v) is 10.3. The van der Waals surface area contributed by atoms with E-state index >= 15 is 0 Å². The van der Waals surface area contributed by atoms with E-state index in [9.17, 15) is 14.7 Å². The largest absolute Gasteiger partial charge is 0.506 e. The number of halogens is 1. The molecule has 0 bridgehead atoms. The van der Waals surface area contributed by atoms with Gasteiger partial charge in [-0.05, 0) is 35.0 Å². The minimum absolute atomic E-state index is 0.108. The molecular formula is C11H8BrNO4. The molecule has 0 fully saturated rings. The van der Waals surface area contributed by atoms with Crippen molar-refractivity contribution in [3.8, 4) is 5.75 Å². The molecule has 0 aliphatic carbocycles. The number of carboxylic acid groups (broad SMARTS) is 1. The zero-order chi connectivity index (χ0) is 12.7. The smallest absolute Gasteiger partial charge is 0.352 e. The quantitative estimate of drug-likeness (QED) is 0.751. The van der Waals surface area contributed by atoms with Gasteiger partial charge in [-0.25, -0.2) is 4.79 Å². The summed E-state index contributed by atoms with van der Waals surface area (Å²) in [6.07, 6.45) is 0. The molecule has 88 valence electrons. The molecule has 0 atom stereocenters. The number of nitrogens with one attached hydrogen (secondary N) is 1. The first kappa shape index (κ1) is 11.7. The van der Waals surface area contributed by atoms with Crippen LogP contribution in [-0.2, 0) is 0 Å². The maximum Gasteiger partial charge on any atom is 0.352 e. The number of hydrogen-bond acceptors (Lipinski definition) is 3. The molecule has 6 heteroatoms. The molecule has 1 heterocycles. The topological polar surface area (TPSA) is 90.4 Å². The Morgan fingerprint density at radius 3 is 2.65 bits per heavy atom. The number of phenols is 1. The van der Waals surface area contributed by atoms with Crippen LogP contribution < -0.4 is 5.43 Å². The fourth-order valence-corrected chi connectivity index (χ4v) is 2.16. The van der Waals surface area contributed by atoms with E-state index < -0.39 is 11.4 Å². The number of H-pyrrole nitrogens is 1. The van der Waals surface area contributed by atoms with Gasteiger partial charge in [0.15, 0.2) is 5.43 Å². The third kappa shape index (κ3) is 1.70. The molecule has 2 rings (SSSR count). The highest BCUT2D eigenvalue weighted by molar-refractivity contribution is 9.10. The third-order valence-corrected chi connectivity index (χ3v) is 3.20. The van der Waals surface area contributed by atoms with Crippen LogP contribution in [0.25, 0.3) is 10.9 Å². The third-order valence-electron chi connectivity index (χ3n) is 2.54. The molecule has 2 aromatic rings. The van der Waals surface area contributed by atoms with Crippen molar-refractivity contribution in [3.63, 3.8) is 0 Å². The van der Waals surface area contributed by atoms with Crippen molar-refractivity contribution >= 4 is 32.8 Å². The van der Waals surface area contributed by atoms with Gasteiger partial charge in [-0.3, -0.25) is 4.79 Å². The molecular weight excluding hydrogens is 290 g/mol. The van der Waals surface area contributed by atoms with E-state index in [1.807, 2.05) is 0 Å². The highest BCUT2D eigenvalue weighted by atomic mass is 79.9. The molecule has 0 saturated carbocycles. The van der Waals surface area contributed by atoms with Gasteiger partial charge in [-0.2, -0.15) is 0 Å². The van der Waals surface area contributed by atoms with E-state index in [0.717, 1.165) is 0 Å². The first-order valence-electron chi connectivity index (χ1n) is 4.71. The molecule has 3 N–H and O–H groups in total. The second-order valence-corrected chi connectivity index (χ2v) is 4.43. The lowest BCUT2D eigenvalue weighted by molar-refractivity contribution is 0.0690. The summed E-state index contributed by atoms with van der Waals surface area (Å²) < 4.78 is 0.506. The van der Waals surface area contributed by atoms with E-state index in [-0.39, 0.29) is 27.9 Å². The van der Waals surface area contributed by atoms with Gasteiger partial charge in [0.2, 0.25) is 0 Å². The normalized spacial score (nSPS) is 10.7. The Balaban J connectivity index is 3.07. The molecule has 0 saturated heterocycles. The Morgan fingerprint density at radius 1 is 1.41 bits per heavy atom. The summed E-state index contributed by atoms with van der Waals surface area (Å²) in [6.45, 7) is 1.43. The van der Waals surface area contributed by atoms with Crippen LogP contribution in [0.3, 0.4) is 0 Å². The molecule has 0 unspecified atom stereocenters. The van der Waals surface area contributed by atoms with Crippen LogP contribution in [0.4, 0.5) is 0 Å². The number of aromatic hydroxyl groups is 1. The predicted molar refractivity (Wildman–Crippen MR) is 65.6 cm³/mol. The summed E-state index contributed by atoms with van der Waals surface area (Å²) in [5, 5.41) is 18.8. The van der Waals surface area contributed by atoms with Gasteiger partial charge in [0.05, 0.1) is 10.9 Å². The molecule has 0 radical (unpaired) electrons. The van der Waals surface area contributed by atoms with Gasteiger partial charge >= 0.3 is 5.97 Å². The Morgan fingerprint density at radius 2 is 2.06 bits per heavy atom. The number of phenolic OH excluding ortho intramolecular Hbond substituents is 1. The van der Waals surface area contributed by atoms with Crippen LogP contribution in [-0.4, -0.2) is 21.2 Å². The summed E-state index contributed by atoms with van der Waals surface area (Å²) in [4.78, 5) is 25.5. The molecule has 0 aliphatic heterocycles. The Kier molecular flexibility index (Phi) is 2.66. The number of hydrogen-bond donors (Lipinski definition) is 3. The van der Waals surface area contributed by atoms with Crippen molar-refractivity contribution in [2.45, 2.75) is 6.92 Å². The minimum Gasteiger partial charge on any atom is -0.506 e.